The lowest BCUT2D eigenvalue weighted by Crippen LogP contribution is -2.20. The van der Waals surface area contributed by atoms with Gasteiger partial charge in [0.2, 0.25) is 0 Å². The molecule has 0 radical (unpaired) electrons. The van der Waals surface area contributed by atoms with Gasteiger partial charge in [-0.2, -0.15) is 0 Å². The van der Waals surface area contributed by atoms with E-state index in [4.69, 9.17) is 15.6 Å². The topological polar surface area (TPSA) is 75.8 Å². The molecular formula is C12H18N2O3. The second kappa shape index (κ2) is 6.22. The second-order valence-electron chi connectivity index (χ2n) is 4.04. The molecule has 0 spiro atoms. The molecule has 0 bridgehead atoms. The highest BCUT2D eigenvalue weighted by Crippen LogP contribution is 2.16. The first-order valence-electron chi connectivity index (χ1n) is 5.36. The van der Waals surface area contributed by atoms with Crippen molar-refractivity contribution in [3.05, 3.63) is 29.8 Å². The molecule has 0 amide bonds. The third kappa shape index (κ3) is 4.42. The molecule has 5 nitrogen and oxygen atoms in total. The lowest BCUT2D eigenvalue weighted by atomic mass is 10.1. The predicted molar refractivity (Wildman–Crippen MR) is 65.1 cm³/mol. The maximum Gasteiger partial charge on any atom is 0.325 e. The molecule has 1 atom stereocenters. The summed E-state index contributed by atoms with van der Waals surface area (Å²) in [7, 11) is 3.94. The van der Waals surface area contributed by atoms with Crippen LogP contribution in [0.2, 0.25) is 0 Å². The minimum Gasteiger partial charge on any atom is -0.492 e. The van der Waals surface area contributed by atoms with Crippen molar-refractivity contribution >= 4 is 5.97 Å². The van der Waals surface area contributed by atoms with Crippen LogP contribution in [0, 0.1) is 0 Å². The average molecular weight is 238 g/mol. The third-order valence-electron chi connectivity index (χ3n) is 2.31. The molecule has 1 aromatic rings. The molecule has 94 valence electrons. The fraction of sp³-hybridized carbons (Fsp3) is 0.417. The molecule has 0 unspecified atom stereocenters. The number of nitrogens with zero attached hydrogens (tertiary/aromatic N) is 1. The number of rotatable bonds is 6. The van der Waals surface area contributed by atoms with Gasteiger partial charge in [0, 0.05) is 6.54 Å². The highest BCUT2D eigenvalue weighted by atomic mass is 16.5. The van der Waals surface area contributed by atoms with E-state index < -0.39 is 12.0 Å². The average Bonchev–Trinajstić information content (AvgIpc) is 2.28. The Kier molecular flexibility index (Phi) is 4.93. The first-order chi connectivity index (χ1) is 8.00. The van der Waals surface area contributed by atoms with Gasteiger partial charge in [-0.05, 0) is 31.8 Å². The summed E-state index contributed by atoms with van der Waals surface area (Å²) >= 11 is 0. The molecule has 3 N–H and O–H groups in total. The van der Waals surface area contributed by atoms with Crippen molar-refractivity contribution in [3.8, 4) is 5.75 Å². The van der Waals surface area contributed by atoms with E-state index in [1.165, 1.54) is 0 Å². The Hall–Kier alpha value is -1.59. The number of likely N-dealkylation sites (N-methyl/N-ethyl adjacent to an activating group) is 1. The number of carbonyl (C=O) groups is 1. The van der Waals surface area contributed by atoms with Crippen molar-refractivity contribution in [2.24, 2.45) is 5.73 Å². The largest absolute Gasteiger partial charge is 0.492 e. The van der Waals surface area contributed by atoms with Gasteiger partial charge in [0.05, 0.1) is 0 Å². The maximum absolute atomic E-state index is 10.7. The van der Waals surface area contributed by atoms with Gasteiger partial charge < -0.3 is 20.5 Å². The van der Waals surface area contributed by atoms with Crippen LogP contribution in [-0.4, -0.2) is 43.2 Å². The van der Waals surface area contributed by atoms with Gasteiger partial charge in [0.15, 0.2) is 0 Å². The molecule has 5 heteroatoms. The van der Waals surface area contributed by atoms with Crippen molar-refractivity contribution < 1.29 is 14.6 Å². The molecule has 0 fully saturated rings. The van der Waals surface area contributed by atoms with Gasteiger partial charge in [-0.3, -0.25) is 4.79 Å². The number of hydrogen-bond donors (Lipinski definition) is 2. The zero-order valence-corrected chi connectivity index (χ0v) is 10.1. The van der Waals surface area contributed by atoms with Crippen LogP contribution < -0.4 is 10.5 Å². The summed E-state index contributed by atoms with van der Waals surface area (Å²) in [6.45, 7) is 1.42. The number of carboxylic acids is 1. The SMILES string of the molecule is CN(C)CCOc1ccc([C@H](N)C(=O)O)cc1. The number of hydrogen-bond acceptors (Lipinski definition) is 4. The minimum absolute atomic E-state index is 0.567. The Balaban J connectivity index is 2.53. The molecule has 1 rings (SSSR count). The van der Waals surface area contributed by atoms with Crippen molar-refractivity contribution in [1.29, 1.82) is 0 Å². The summed E-state index contributed by atoms with van der Waals surface area (Å²) in [5.41, 5.74) is 6.05. The lowest BCUT2D eigenvalue weighted by molar-refractivity contribution is -0.138. The molecular weight excluding hydrogens is 220 g/mol. The lowest BCUT2D eigenvalue weighted by Gasteiger charge is -2.12. The Bertz CT molecular complexity index is 363. The van der Waals surface area contributed by atoms with E-state index in [1.54, 1.807) is 24.3 Å². The summed E-state index contributed by atoms with van der Waals surface area (Å²) < 4.78 is 5.48. The molecule has 0 aliphatic heterocycles. The standard InChI is InChI=1S/C12H18N2O3/c1-14(2)7-8-17-10-5-3-9(4-6-10)11(13)12(15)16/h3-6,11H,7-8,13H2,1-2H3,(H,15,16)/t11-/m0/s1. The van der Waals surface area contributed by atoms with E-state index >= 15 is 0 Å². The molecule has 1 aromatic carbocycles. The zero-order valence-electron chi connectivity index (χ0n) is 10.1. The zero-order chi connectivity index (χ0) is 12.8. The van der Waals surface area contributed by atoms with E-state index in [1.807, 2.05) is 19.0 Å². The van der Waals surface area contributed by atoms with Crippen LogP contribution >= 0.6 is 0 Å². The van der Waals surface area contributed by atoms with Crippen molar-refractivity contribution in [3.63, 3.8) is 0 Å². The smallest absolute Gasteiger partial charge is 0.325 e. The van der Waals surface area contributed by atoms with Gasteiger partial charge in [0.1, 0.15) is 18.4 Å². The minimum atomic E-state index is -1.04. The van der Waals surface area contributed by atoms with Gasteiger partial charge in [0.25, 0.3) is 0 Å². The van der Waals surface area contributed by atoms with Crippen molar-refractivity contribution in [1.82, 2.24) is 4.90 Å². The maximum atomic E-state index is 10.7. The fourth-order valence-corrected chi connectivity index (χ4v) is 1.26. The summed E-state index contributed by atoms with van der Waals surface area (Å²) in [5.74, 6) is -0.320. The van der Waals surface area contributed by atoms with Gasteiger partial charge >= 0.3 is 5.97 Å². The van der Waals surface area contributed by atoms with Crippen LogP contribution in [0.25, 0.3) is 0 Å². The molecule has 0 saturated carbocycles. The monoisotopic (exact) mass is 238 g/mol. The quantitative estimate of drug-likeness (QED) is 0.763. The van der Waals surface area contributed by atoms with Gasteiger partial charge in [-0.15, -0.1) is 0 Å². The number of carboxylic acid groups (broad SMARTS) is 1. The second-order valence-corrected chi connectivity index (χ2v) is 4.04. The number of nitrogens with two attached hydrogens (primary N) is 1. The summed E-state index contributed by atoms with van der Waals surface area (Å²) in [6, 6.07) is 5.82. The Morgan fingerprint density at radius 2 is 2.00 bits per heavy atom. The molecule has 0 aromatic heterocycles. The normalized spacial score (nSPS) is 12.5. The van der Waals surface area contributed by atoms with Crippen LogP contribution in [0.3, 0.4) is 0 Å². The molecule has 0 saturated heterocycles. The van der Waals surface area contributed by atoms with E-state index in [0.717, 1.165) is 6.54 Å². The van der Waals surface area contributed by atoms with Crippen LogP contribution in [-0.2, 0) is 4.79 Å². The van der Waals surface area contributed by atoms with Crippen LogP contribution in [0.15, 0.2) is 24.3 Å². The van der Waals surface area contributed by atoms with E-state index in [0.29, 0.717) is 17.9 Å². The highest BCUT2D eigenvalue weighted by Gasteiger charge is 2.13. The van der Waals surface area contributed by atoms with E-state index in [9.17, 15) is 4.79 Å². The molecule has 0 aliphatic carbocycles. The Morgan fingerprint density at radius 1 is 1.41 bits per heavy atom. The van der Waals surface area contributed by atoms with Crippen molar-refractivity contribution in [2.75, 3.05) is 27.2 Å². The van der Waals surface area contributed by atoms with E-state index in [-0.39, 0.29) is 0 Å². The summed E-state index contributed by atoms with van der Waals surface area (Å²) in [6.07, 6.45) is 0. The first-order valence-corrected chi connectivity index (χ1v) is 5.36. The van der Waals surface area contributed by atoms with Crippen LogP contribution in [0.5, 0.6) is 5.75 Å². The Labute approximate surface area is 101 Å². The van der Waals surface area contributed by atoms with Crippen LogP contribution in [0.1, 0.15) is 11.6 Å². The number of benzene rings is 1. The van der Waals surface area contributed by atoms with Gasteiger partial charge in [-0.1, -0.05) is 12.1 Å². The highest BCUT2D eigenvalue weighted by molar-refractivity contribution is 5.75. The third-order valence-corrected chi connectivity index (χ3v) is 2.31. The van der Waals surface area contributed by atoms with E-state index in [2.05, 4.69) is 0 Å². The number of aliphatic carboxylic acids is 1. The van der Waals surface area contributed by atoms with Gasteiger partial charge in [-0.25, -0.2) is 0 Å². The van der Waals surface area contributed by atoms with Crippen molar-refractivity contribution in [2.45, 2.75) is 6.04 Å². The van der Waals surface area contributed by atoms with Crippen LogP contribution in [0.4, 0.5) is 0 Å². The predicted octanol–water partition coefficient (Wildman–Crippen LogP) is 0.711. The first kappa shape index (κ1) is 13.5. The Morgan fingerprint density at radius 3 is 2.47 bits per heavy atom. The fourth-order valence-electron chi connectivity index (χ4n) is 1.26. The number of ether oxygens (including phenoxy) is 1. The summed E-state index contributed by atoms with van der Waals surface area (Å²) in [5, 5.41) is 8.75. The molecule has 0 heterocycles. The summed E-state index contributed by atoms with van der Waals surface area (Å²) in [4.78, 5) is 12.7. The molecule has 17 heavy (non-hydrogen) atoms. The molecule has 0 aliphatic rings.